The predicted molar refractivity (Wildman–Crippen MR) is 142 cm³/mol. The van der Waals surface area contributed by atoms with Gasteiger partial charge in [-0.3, -0.25) is 14.8 Å². The van der Waals surface area contributed by atoms with Crippen molar-refractivity contribution in [2.45, 2.75) is 64.5 Å². The average molecular weight is 503 g/mol. The molecule has 0 radical (unpaired) electrons. The van der Waals surface area contributed by atoms with E-state index in [1.165, 1.54) is 28.9 Å². The number of rotatable bonds is 8. The molecule has 5 rings (SSSR count). The maximum absolute atomic E-state index is 13.5. The lowest BCUT2D eigenvalue weighted by atomic mass is 9.78. The molecule has 0 bridgehead atoms. The zero-order chi connectivity index (χ0) is 26.2. The van der Waals surface area contributed by atoms with Crippen LogP contribution in [0.1, 0.15) is 64.5 Å². The van der Waals surface area contributed by atoms with Crippen LogP contribution in [0, 0.1) is 17.7 Å². The summed E-state index contributed by atoms with van der Waals surface area (Å²) in [5, 5.41) is 16.0. The highest BCUT2D eigenvalue weighted by Crippen LogP contribution is 2.49. The van der Waals surface area contributed by atoms with Crippen molar-refractivity contribution in [3.63, 3.8) is 0 Å². The zero-order valence-corrected chi connectivity index (χ0v) is 21.7. The van der Waals surface area contributed by atoms with E-state index in [0.717, 1.165) is 36.2 Å². The van der Waals surface area contributed by atoms with Crippen LogP contribution in [0.25, 0.3) is 0 Å². The molecule has 3 atom stereocenters. The second kappa shape index (κ2) is 10.1. The molecule has 3 N–H and O–H groups in total. The monoisotopic (exact) mass is 502 g/mol. The number of hydrogen-bond donors (Lipinski definition) is 3. The molecule has 2 aliphatic carbocycles. The van der Waals surface area contributed by atoms with E-state index in [1.807, 2.05) is 37.2 Å². The second-order valence-electron chi connectivity index (χ2n) is 10.3. The first-order valence-electron chi connectivity index (χ1n) is 13.2. The number of pyridine rings is 1. The van der Waals surface area contributed by atoms with Crippen LogP contribution in [0.4, 0.5) is 10.1 Å². The lowest BCUT2D eigenvalue weighted by Gasteiger charge is -2.32. The summed E-state index contributed by atoms with van der Waals surface area (Å²) >= 11 is 0. The van der Waals surface area contributed by atoms with Crippen molar-refractivity contribution >= 4 is 11.6 Å². The van der Waals surface area contributed by atoms with Gasteiger partial charge in [0.25, 0.3) is 5.91 Å². The lowest BCUT2D eigenvalue weighted by molar-refractivity contribution is -0.141. The van der Waals surface area contributed by atoms with Gasteiger partial charge in [-0.2, -0.15) is 0 Å². The Morgan fingerprint density at radius 1 is 1.27 bits per heavy atom. The summed E-state index contributed by atoms with van der Waals surface area (Å²) in [6.45, 7) is 5.91. The molecule has 0 fully saturated rings. The maximum Gasteiger partial charge on any atom is 0.252 e. The average Bonchev–Trinajstić information content (AvgIpc) is 3.53. The third kappa shape index (κ3) is 4.68. The highest BCUT2D eigenvalue weighted by Gasteiger charge is 2.40. The van der Waals surface area contributed by atoms with Gasteiger partial charge in [0.05, 0.1) is 17.4 Å². The molecule has 1 aromatic heterocycles. The molecular weight excluding hydrogens is 467 g/mol. The molecule has 1 aliphatic heterocycles. The number of halogens is 1. The lowest BCUT2D eigenvalue weighted by Crippen LogP contribution is -2.47. The van der Waals surface area contributed by atoms with E-state index in [0.29, 0.717) is 18.8 Å². The van der Waals surface area contributed by atoms with Gasteiger partial charge >= 0.3 is 0 Å². The first-order valence-corrected chi connectivity index (χ1v) is 13.2. The number of aromatic nitrogens is 1. The molecule has 37 heavy (non-hydrogen) atoms. The Balaban J connectivity index is 1.42. The molecule has 0 saturated carbocycles. The molecule has 3 aliphatic rings. The van der Waals surface area contributed by atoms with Crippen molar-refractivity contribution < 1.29 is 14.3 Å². The van der Waals surface area contributed by atoms with Crippen molar-refractivity contribution in [2.24, 2.45) is 11.8 Å². The minimum atomic E-state index is -1.37. The van der Waals surface area contributed by atoms with Gasteiger partial charge in [-0.25, -0.2) is 4.39 Å². The summed E-state index contributed by atoms with van der Waals surface area (Å²) in [6.07, 6.45) is 11.3. The van der Waals surface area contributed by atoms with Gasteiger partial charge in [-0.15, -0.1) is 0 Å². The van der Waals surface area contributed by atoms with Crippen LogP contribution in [0.2, 0.25) is 0 Å². The molecule has 2 aromatic rings. The van der Waals surface area contributed by atoms with E-state index in [2.05, 4.69) is 28.7 Å². The quantitative estimate of drug-likeness (QED) is 0.446. The Bertz CT molecular complexity index is 1250. The van der Waals surface area contributed by atoms with E-state index < -0.39 is 5.60 Å². The smallest absolute Gasteiger partial charge is 0.252 e. The van der Waals surface area contributed by atoms with Gasteiger partial charge in [0.2, 0.25) is 0 Å². The Kier molecular flexibility index (Phi) is 6.90. The molecule has 0 spiro atoms. The largest absolute Gasteiger partial charge is 0.380 e. The molecule has 1 unspecified atom stereocenters. The Labute approximate surface area is 218 Å². The number of nitrogens with zero attached hydrogens (tertiary/aromatic N) is 2. The summed E-state index contributed by atoms with van der Waals surface area (Å²) in [7, 11) is 0. The molecule has 6 nitrogen and oxygen atoms in total. The van der Waals surface area contributed by atoms with Crippen LogP contribution in [-0.4, -0.2) is 21.6 Å². The number of anilines is 1. The molecule has 0 saturated heterocycles. The number of carbonyl (C=O) groups is 1. The Hall–Kier alpha value is -3.45. The van der Waals surface area contributed by atoms with E-state index >= 15 is 0 Å². The Morgan fingerprint density at radius 3 is 2.70 bits per heavy atom. The molecular formula is C30H35FN4O2. The third-order valence-electron chi connectivity index (χ3n) is 8.29. The highest BCUT2D eigenvalue weighted by molar-refractivity contribution is 5.85. The van der Waals surface area contributed by atoms with Crippen LogP contribution < -0.4 is 15.8 Å². The first kappa shape index (κ1) is 25.2. The number of hydrogen-bond acceptors (Lipinski definition) is 5. The molecule has 1 amide bonds. The van der Waals surface area contributed by atoms with E-state index in [9.17, 15) is 14.3 Å². The fourth-order valence-corrected chi connectivity index (χ4v) is 5.97. The predicted octanol–water partition coefficient (Wildman–Crippen LogP) is 5.47. The maximum atomic E-state index is 13.5. The number of fused-ring (bicyclic) bond motifs is 1. The summed E-state index contributed by atoms with van der Waals surface area (Å²) in [5.41, 5.74) is 8.89. The molecule has 194 valence electrons. The van der Waals surface area contributed by atoms with Crippen molar-refractivity contribution in [2.75, 3.05) is 5.01 Å². The molecule has 2 heterocycles. The fraction of sp³-hybridized carbons (Fsp3) is 0.400. The number of benzene rings is 1. The SMILES string of the molecule is CCC(O)(CC)C(=O)NC(C[C@H]1CCC2=C1[C@@H](C)C1=CNN(c3ccc(F)cc3)C1=C2)c1cccnc1. The van der Waals surface area contributed by atoms with Crippen LogP contribution in [0.5, 0.6) is 0 Å². The summed E-state index contributed by atoms with van der Waals surface area (Å²) in [4.78, 5) is 17.4. The van der Waals surface area contributed by atoms with Crippen molar-refractivity contribution in [3.05, 3.63) is 94.9 Å². The molecule has 7 heteroatoms. The summed E-state index contributed by atoms with van der Waals surface area (Å²) in [5.74, 6) is -0.0632. The highest BCUT2D eigenvalue weighted by atomic mass is 19.1. The van der Waals surface area contributed by atoms with Crippen molar-refractivity contribution in [1.29, 1.82) is 0 Å². The van der Waals surface area contributed by atoms with Gasteiger partial charge in [0, 0.05) is 30.1 Å². The van der Waals surface area contributed by atoms with Gasteiger partial charge < -0.3 is 15.8 Å². The van der Waals surface area contributed by atoms with Gasteiger partial charge in [-0.1, -0.05) is 32.4 Å². The van der Waals surface area contributed by atoms with Gasteiger partial charge in [-0.05, 0) is 85.6 Å². The number of nitrogens with one attached hydrogen (secondary N) is 2. The summed E-state index contributed by atoms with van der Waals surface area (Å²) < 4.78 is 13.5. The van der Waals surface area contributed by atoms with Gasteiger partial charge in [0.15, 0.2) is 0 Å². The van der Waals surface area contributed by atoms with Gasteiger partial charge in [0.1, 0.15) is 11.4 Å². The Morgan fingerprint density at radius 2 is 2.03 bits per heavy atom. The van der Waals surface area contributed by atoms with Crippen molar-refractivity contribution in [1.82, 2.24) is 15.7 Å². The van der Waals surface area contributed by atoms with Crippen LogP contribution in [0.15, 0.2) is 83.5 Å². The second-order valence-corrected chi connectivity index (χ2v) is 10.3. The minimum Gasteiger partial charge on any atom is -0.380 e. The number of carbonyl (C=O) groups excluding carboxylic acids is 1. The first-order chi connectivity index (χ1) is 17.8. The van der Waals surface area contributed by atoms with E-state index in [4.69, 9.17) is 0 Å². The third-order valence-corrected chi connectivity index (χ3v) is 8.29. The zero-order valence-electron chi connectivity index (χ0n) is 21.7. The molecule has 1 aromatic carbocycles. The summed E-state index contributed by atoms with van der Waals surface area (Å²) in [6, 6.07) is 10.1. The minimum absolute atomic E-state index is 0.217. The van der Waals surface area contributed by atoms with E-state index in [-0.39, 0.29) is 23.7 Å². The number of hydrazine groups is 1. The van der Waals surface area contributed by atoms with Crippen molar-refractivity contribution in [3.8, 4) is 0 Å². The standard InChI is InChI=1S/C30H35FN4O2/c1-4-30(37,5-2)29(36)34-26(22-7-6-14-32-17-22)15-20-8-9-21-16-27-25(19(3)28(20)21)18-33-35(27)24-12-10-23(31)11-13-24/h6-7,10-14,16-20,26,33,37H,4-5,8-9,15H2,1-3H3,(H,34,36)/t19-,20+,26?/m0/s1. The van der Waals surface area contributed by atoms with E-state index in [1.54, 1.807) is 24.5 Å². The van der Waals surface area contributed by atoms with Crippen LogP contribution in [0.3, 0.4) is 0 Å². The number of allylic oxidation sites excluding steroid dienone is 4. The normalized spacial score (nSPS) is 21.6. The topological polar surface area (TPSA) is 77.5 Å². The number of aliphatic hydroxyl groups is 1. The number of amides is 1. The fourth-order valence-electron chi connectivity index (χ4n) is 5.97. The van der Waals surface area contributed by atoms with Crippen LogP contribution in [-0.2, 0) is 4.79 Å². The van der Waals surface area contributed by atoms with Crippen LogP contribution >= 0.6 is 0 Å².